The number of ketones is 1. The molecular weight excluding hydrogens is 382 g/mol. The molecule has 0 unspecified atom stereocenters. The van der Waals surface area contributed by atoms with Crippen molar-refractivity contribution in [1.29, 1.82) is 0 Å². The van der Waals surface area contributed by atoms with Gasteiger partial charge in [-0.3, -0.25) is 9.59 Å². The Morgan fingerprint density at radius 2 is 1.55 bits per heavy atom. The van der Waals surface area contributed by atoms with E-state index in [0.29, 0.717) is 21.5 Å². The van der Waals surface area contributed by atoms with Crippen molar-refractivity contribution in [3.63, 3.8) is 0 Å². The molecule has 1 heterocycles. The summed E-state index contributed by atoms with van der Waals surface area (Å²) in [7, 11) is 0. The average Bonchev–Trinajstić information content (AvgIpc) is 2.78. The summed E-state index contributed by atoms with van der Waals surface area (Å²) in [5, 5.41) is 1.33. The van der Waals surface area contributed by atoms with Crippen molar-refractivity contribution in [3.05, 3.63) is 94.6 Å². The molecule has 0 fully saturated rings. The van der Waals surface area contributed by atoms with Crippen molar-refractivity contribution in [1.82, 2.24) is 4.98 Å². The topological polar surface area (TPSA) is 56.3 Å². The van der Waals surface area contributed by atoms with Crippen LogP contribution in [0.2, 0.25) is 0 Å². The third kappa shape index (κ3) is 3.05. The van der Waals surface area contributed by atoms with Crippen LogP contribution < -0.4 is 10.2 Å². The highest BCUT2D eigenvalue weighted by Gasteiger charge is 2.22. The molecule has 3 aromatic rings. The fourth-order valence-corrected chi connectivity index (χ4v) is 4.47. The predicted molar refractivity (Wildman–Crippen MR) is 116 cm³/mol. The number of fused-ring (bicyclic) bond motifs is 4. The largest absolute Gasteiger partial charge is 0.480 e. The molecule has 1 aliphatic carbocycles. The molecular formula is C24H15NO3S. The summed E-state index contributed by atoms with van der Waals surface area (Å²) >= 11 is 1.46. The number of benzene rings is 4. The molecule has 3 aromatic carbocycles. The maximum atomic E-state index is 13.2. The second kappa shape index (κ2) is 7.11. The van der Waals surface area contributed by atoms with Crippen molar-refractivity contribution in [3.8, 4) is 16.3 Å². The van der Waals surface area contributed by atoms with E-state index >= 15 is 0 Å². The lowest BCUT2D eigenvalue weighted by atomic mass is 10.0. The zero-order chi connectivity index (χ0) is 19.8. The molecule has 0 N–H and O–H groups in total. The van der Waals surface area contributed by atoms with Gasteiger partial charge in [-0.25, -0.2) is 4.98 Å². The number of carbonyl (C=O) groups is 1. The van der Waals surface area contributed by atoms with E-state index in [1.54, 1.807) is 30.3 Å². The highest BCUT2D eigenvalue weighted by atomic mass is 32.1. The average molecular weight is 397 g/mol. The zero-order valence-corrected chi connectivity index (χ0v) is 16.1. The second-order valence-electron chi connectivity index (χ2n) is 6.64. The molecule has 0 bridgehead atoms. The Morgan fingerprint density at radius 3 is 2.38 bits per heavy atom. The van der Waals surface area contributed by atoms with Crippen molar-refractivity contribution < 1.29 is 9.53 Å². The Kier molecular flexibility index (Phi) is 4.30. The van der Waals surface area contributed by atoms with Crippen LogP contribution in [0.15, 0.2) is 83.7 Å². The Morgan fingerprint density at radius 1 is 0.862 bits per heavy atom. The quantitative estimate of drug-likeness (QED) is 0.238. The fraction of sp³-hybridized carbons (Fsp3) is 0.0417. The molecule has 0 saturated carbocycles. The number of hydrogen-bond donors (Lipinski definition) is 0. The summed E-state index contributed by atoms with van der Waals surface area (Å²) in [6.45, 7) is -0.202. The minimum Gasteiger partial charge on any atom is -0.480 e. The third-order valence-electron chi connectivity index (χ3n) is 4.81. The summed E-state index contributed by atoms with van der Waals surface area (Å²) in [5.41, 5.74) is 1.91. The van der Waals surface area contributed by atoms with Gasteiger partial charge in [0.05, 0.1) is 15.9 Å². The Balaban J connectivity index is 1.69. The molecule has 0 aromatic heterocycles. The van der Waals surface area contributed by atoms with Gasteiger partial charge in [-0.15, -0.1) is 11.3 Å². The van der Waals surface area contributed by atoms with Crippen LogP contribution in [0.3, 0.4) is 0 Å². The number of rotatable bonds is 4. The smallest absolute Gasteiger partial charge is 0.229 e. The predicted octanol–water partition coefficient (Wildman–Crippen LogP) is 5.18. The van der Waals surface area contributed by atoms with Gasteiger partial charge in [-0.1, -0.05) is 66.7 Å². The highest BCUT2D eigenvalue weighted by molar-refractivity contribution is 7.21. The first-order chi connectivity index (χ1) is 14.2. The van der Waals surface area contributed by atoms with Crippen LogP contribution in [0, 0.1) is 0 Å². The molecule has 4 nitrogen and oxygen atoms in total. The van der Waals surface area contributed by atoms with Gasteiger partial charge in [0.1, 0.15) is 4.88 Å². The summed E-state index contributed by atoms with van der Waals surface area (Å²) in [5.74, 6) is 0.0105. The number of nitrogens with zero attached hydrogens (tertiary/aromatic N) is 1. The van der Waals surface area contributed by atoms with Crippen molar-refractivity contribution in [2.75, 3.05) is 6.61 Å². The van der Waals surface area contributed by atoms with Gasteiger partial charge in [-0.2, -0.15) is 0 Å². The first-order valence-electron chi connectivity index (χ1n) is 9.18. The Bertz CT molecular complexity index is 1390. The Labute approximate surface area is 170 Å². The molecule has 5 heteroatoms. The van der Waals surface area contributed by atoms with E-state index in [9.17, 15) is 9.59 Å². The van der Waals surface area contributed by atoms with E-state index in [1.807, 2.05) is 48.5 Å². The fourth-order valence-electron chi connectivity index (χ4n) is 3.39. The highest BCUT2D eigenvalue weighted by Crippen LogP contribution is 2.40. The first kappa shape index (κ1) is 17.5. The molecule has 0 radical (unpaired) electrons. The molecule has 0 spiro atoms. The number of aromatic nitrogens is 1. The molecule has 0 amide bonds. The lowest BCUT2D eigenvalue weighted by Crippen LogP contribution is -2.17. The van der Waals surface area contributed by atoms with Gasteiger partial charge in [0, 0.05) is 16.3 Å². The number of Topliss-reactive ketones (excluding diaryl/α,β-unsaturated/α-hetero) is 1. The van der Waals surface area contributed by atoms with Crippen molar-refractivity contribution in [2.45, 2.75) is 0 Å². The number of ether oxygens (including phenoxy) is 1. The molecule has 1 aliphatic heterocycles. The van der Waals surface area contributed by atoms with E-state index in [0.717, 1.165) is 15.6 Å². The lowest BCUT2D eigenvalue weighted by molar-refractivity contribution is 0.0921. The van der Waals surface area contributed by atoms with Crippen LogP contribution >= 0.6 is 11.3 Å². The van der Waals surface area contributed by atoms with Crippen LogP contribution in [-0.4, -0.2) is 17.4 Å². The lowest BCUT2D eigenvalue weighted by Gasteiger charge is -2.15. The van der Waals surface area contributed by atoms with E-state index in [4.69, 9.17) is 9.72 Å². The Hall–Kier alpha value is -3.57. The van der Waals surface area contributed by atoms with E-state index in [2.05, 4.69) is 0 Å². The van der Waals surface area contributed by atoms with Gasteiger partial charge < -0.3 is 4.74 Å². The SMILES string of the molecule is O=C(COc1c2sc3ccccc3nc-2c2ccccc2c1=O)c1ccccc1. The monoisotopic (exact) mass is 397 g/mol. The van der Waals surface area contributed by atoms with Crippen LogP contribution in [0.25, 0.3) is 31.6 Å². The summed E-state index contributed by atoms with van der Waals surface area (Å²) in [6, 6.07) is 24.1. The standard InChI is InChI=1S/C24H15NO3S/c26-19(15-8-2-1-3-9-15)14-28-23-22(27)17-11-5-4-10-16(17)21-24(23)29-20-13-7-6-12-18(20)25-21/h1-13H,14H2. The first-order valence-corrected chi connectivity index (χ1v) is 9.99. The number of para-hydroxylation sites is 1. The van der Waals surface area contributed by atoms with E-state index in [1.165, 1.54) is 11.3 Å². The molecule has 2 aliphatic rings. The second-order valence-corrected chi connectivity index (χ2v) is 7.69. The van der Waals surface area contributed by atoms with Crippen LogP contribution in [0.5, 0.6) is 5.75 Å². The maximum absolute atomic E-state index is 13.2. The molecule has 29 heavy (non-hydrogen) atoms. The van der Waals surface area contributed by atoms with Gasteiger partial charge in [0.25, 0.3) is 0 Å². The van der Waals surface area contributed by atoms with Crippen LogP contribution in [-0.2, 0) is 0 Å². The van der Waals surface area contributed by atoms with Gasteiger partial charge >= 0.3 is 0 Å². The zero-order valence-electron chi connectivity index (χ0n) is 15.3. The molecule has 0 saturated heterocycles. The van der Waals surface area contributed by atoms with Crippen LogP contribution in [0.4, 0.5) is 0 Å². The summed E-state index contributed by atoms with van der Waals surface area (Å²) in [4.78, 5) is 31.1. The van der Waals surface area contributed by atoms with Crippen molar-refractivity contribution in [2.24, 2.45) is 0 Å². The molecule has 0 atom stereocenters. The van der Waals surface area contributed by atoms with Gasteiger partial charge in [0.2, 0.25) is 5.43 Å². The van der Waals surface area contributed by atoms with Crippen molar-refractivity contribution >= 4 is 38.1 Å². The number of hydrogen-bond acceptors (Lipinski definition) is 5. The van der Waals surface area contributed by atoms with Gasteiger partial charge in [0.15, 0.2) is 18.1 Å². The minimum absolute atomic E-state index is 0.176. The van der Waals surface area contributed by atoms with Crippen LogP contribution in [0.1, 0.15) is 10.4 Å². The van der Waals surface area contributed by atoms with E-state index in [-0.39, 0.29) is 23.6 Å². The molecule has 5 rings (SSSR count). The third-order valence-corrected chi connectivity index (χ3v) is 5.96. The summed E-state index contributed by atoms with van der Waals surface area (Å²) < 4.78 is 6.78. The van der Waals surface area contributed by atoms with Gasteiger partial charge in [-0.05, 0) is 12.1 Å². The summed E-state index contributed by atoms with van der Waals surface area (Å²) in [6.07, 6.45) is 0. The normalized spacial score (nSPS) is 11.2. The van der Waals surface area contributed by atoms with E-state index < -0.39 is 0 Å². The minimum atomic E-state index is -0.220. The maximum Gasteiger partial charge on any atom is 0.229 e. The number of carbonyl (C=O) groups excluding carboxylic acids is 1. The molecule has 140 valence electrons.